The summed E-state index contributed by atoms with van der Waals surface area (Å²) in [5.41, 5.74) is 0.159. The van der Waals surface area contributed by atoms with E-state index in [0.29, 0.717) is 17.1 Å². The van der Waals surface area contributed by atoms with E-state index in [1.807, 2.05) is 0 Å². The van der Waals surface area contributed by atoms with Crippen molar-refractivity contribution in [1.29, 1.82) is 0 Å². The largest absolute Gasteiger partial charge is 0.416 e. The highest BCUT2D eigenvalue weighted by Gasteiger charge is 2.32. The molecule has 4 aromatic rings. The number of carbonyl (C=O) groups excluding carboxylic acids is 1. The van der Waals surface area contributed by atoms with Crippen molar-refractivity contribution in [2.45, 2.75) is 38.4 Å². The van der Waals surface area contributed by atoms with Crippen LogP contribution in [0, 0.1) is 13.5 Å². The fourth-order valence-electron chi connectivity index (χ4n) is 4.37. The van der Waals surface area contributed by atoms with Crippen LogP contribution in [0.3, 0.4) is 0 Å². The molecule has 0 aliphatic heterocycles. The predicted octanol–water partition coefficient (Wildman–Crippen LogP) is 5.48. The lowest BCUT2D eigenvalue weighted by atomic mass is 9.93. The SMILES string of the molecule is [C-]#[N+]c1ccc(-n2nccc2-c2c(C)n(-c3cccc(C(F)(F)F)c3)c(=O)n2C(=O)NC2CCC2)cc1. The van der Waals surface area contributed by atoms with Crippen LogP contribution >= 0.6 is 0 Å². The number of halogens is 3. The molecule has 0 atom stereocenters. The third-order valence-electron chi connectivity index (χ3n) is 6.46. The van der Waals surface area contributed by atoms with Gasteiger partial charge in [-0.15, -0.1) is 0 Å². The van der Waals surface area contributed by atoms with Crippen LogP contribution < -0.4 is 11.0 Å². The molecule has 1 aliphatic rings. The Kier molecular flexibility index (Phi) is 5.95. The first kappa shape index (κ1) is 24.1. The molecule has 1 N–H and O–H groups in total. The molecule has 0 spiro atoms. The highest BCUT2D eigenvalue weighted by atomic mass is 19.4. The summed E-state index contributed by atoms with van der Waals surface area (Å²) < 4.78 is 43.8. The lowest BCUT2D eigenvalue weighted by Gasteiger charge is -2.26. The van der Waals surface area contributed by atoms with Crippen molar-refractivity contribution < 1.29 is 18.0 Å². The molecule has 0 unspecified atom stereocenters. The number of nitrogens with zero attached hydrogens (tertiary/aromatic N) is 5. The Morgan fingerprint density at radius 1 is 1.11 bits per heavy atom. The van der Waals surface area contributed by atoms with E-state index < -0.39 is 23.5 Å². The van der Waals surface area contributed by atoms with Gasteiger partial charge in [0.25, 0.3) is 0 Å². The average Bonchev–Trinajstić information content (AvgIpc) is 3.42. The van der Waals surface area contributed by atoms with Gasteiger partial charge in [-0.05, 0) is 62.6 Å². The van der Waals surface area contributed by atoms with Crippen LogP contribution in [0.5, 0.6) is 0 Å². The molecular formula is C26H21F3N6O2. The van der Waals surface area contributed by atoms with E-state index in [-0.39, 0.29) is 23.1 Å². The third-order valence-corrected chi connectivity index (χ3v) is 6.46. The number of nitrogens with one attached hydrogen (secondary N) is 1. The van der Waals surface area contributed by atoms with Gasteiger partial charge in [0.15, 0.2) is 5.69 Å². The first-order chi connectivity index (χ1) is 17.7. The zero-order chi connectivity index (χ0) is 26.3. The van der Waals surface area contributed by atoms with Gasteiger partial charge in [0.05, 0.1) is 41.1 Å². The molecule has 2 aromatic carbocycles. The number of alkyl halides is 3. The number of amides is 1. The molecule has 1 saturated carbocycles. The van der Waals surface area contributed by atoms with Gasteiger partial charge in [0.2, 0.25) is 0 Å². The Balaban J connectivity index is 1.71. The molecular weight excluding hydrogens is 485 g/mol. The van der Waals surface area contributed by atoms with Crippen molar-refractivity contribution in [3.63, 3.8) is 0 Å². The molecule has 8 nitrogen and oxygen atoms in total. The van der Waals surface area contributed by atoms with Gasteiger partial charge < -0.3 is 5.32 Å². The highest BCUT2D eigenvalue weighted by Crippen LogP contribution is 2.32. The first-order valence-electron chi connectivity index (χ1n) is 11.5. The summed E-state index contributed by atoms with van der Waals surface area (Å²) in [5, 5.41) is 7.19. The second-order valence-corrected chi connectivity index (χ2v) is 8.77. The van der Waals surface area contributed by atoms with E-state index >= 15 is 0 Å². The molecule has 1 amide bonds. The van der Waals surface area contributed by atoms with Gasteiger partial charge in [-0.1, -0.05) is 18.2 Å². The minimum Gasteiger partial charge on any atom is -0.335 e. The molecule has 5 rings (SSSR count). The Labute approximate surface area is 209 Å². The van der Waals surface area contributed by atoms with Crippen LogP contribution in [0.4, 0.5) is 23.7 Å². The average molecular weight is 506 g/mol. The van der Waals surface area contributed by atoms with Gasteiger partial charge in [0.1, 0.15) is 5.69 Å². The van der Waals surface area contributed by atoms with Crippen molar-refractivity contribution in [1.82, 2.24) is 24.2 Å². The molecule has 2 aromatic heterocycles. The minimum absolute atomic E-state index is 0.0127. The van der Waals surface area contributed by atoms with Crippen molar-refractivity contribution in [2.24, 2.45) is 0 Å². The summed E-state index contributed by atoms with van der Waals surface area (Å²) in [7, 11) is 0. The second kappa shape index (κ2) is 9.13. The summed E-state index contributed by atoms with van der Waals surface area (Å²) in [6, 6.07) is 11.9. The molecule has 2 heterocycles. The molecule has 1 aliphatic carbocycles. The number of rotatable bonds is 4. The van der Waals surface area contributed by atoms with Gasteiger partial charge >= 0.3 is 17.9 Å². The van der Waals surface area contributed by atoms with Gasteiger partial charge in [-0.3, -0.25) is 4.57 Å². The quantitative estimate of drug-likeness (QED) is 0.373. The maximum Gasteiger partial charge on any atom is 0.416 e. The monoisotopic (exact) mass is 506 g/mol. The van der Waals surface area contributed by atoms with Gasteiger partial charge in [0, 0.05) is 6.04 Å². The summed E-state index contributed by atoms with van der Waals surface area (Å²) in [6.45, 7) is 8.73. The van der Waals surface area contributed by atoms with Crippen LogP contribution in [-0.4, -0.2) is 31.0 Å². The number of hydrogen-bond donors (Lipinski definition) is 1. The summed E-state index contributed by atoms with van der Waals surface area (Å²) >= 11 is 0. The van der Waals surface area contributed by atoms with Crippen LogP contribution in [-0.2, 0) is 6.18 Å². The normalized spacial score (nSPS) is 13.7. The Morgan fingerprint density at radius 2 is 1.84 bits per heavy atom. The Morgan fingerprint density at radius 3 is 2.46 bits per heavy atom. The molecule has 0 bridgehead atoms. The number of aromatic nitrogens is 4. The van der Waals surface area contributed by atoms with Crippen molar-refractivity contribution in [3.8, 4) is 22.8 Å². The Hall–Kier alpha value is -4.59. The van der Waals surface area contributed by atoms with Crippen LogP contribution in [0.1, 0.15) is 30.5 Å². The van der Waals surface area contributed by atoms with E-state index in [4.69, 9.17) is 6.57 Å². The van der Waals surface area contributed by atoms with E-state index in [1.165, 1.54) is 23.0 Å². The molecule has 11 heteroatoms. The van der Waals surface area contributed by atoms with Crippen molar-refractivity contribution in [3.05, 3.63) is 94.0 Å². The molecule has 37 heavy (non-hydrogen) atoms. The number of hydrogen-bond acceptors (Lipinski definition) is 3. The second-order valence-electron chi connectivity index (χ2n) is 8.77. The van der Waals surface area contributed by atoms with Crippen LogP contribution in [0.15, 0.2) is 65.6 Å². The summed E-state index contributed by atoms with van der Waals surface area (Å²) in [5.74, 6) is 0. The molecule has 0 radical (unpaired) electrons. The summed E-state index contributed by atoms with van der Waals surface area (Å²) in [6.07, 6.45) is -0.568. The number of benzene rings is 2. The standard InChI is InChI=1S/C26H21F3N6O2/c1-16-23(22-13-14-31-35(22)20-11-9-18(30-2)10-12-20)34(24(36)32-19-6-4-7-19)25(37)33(16)21-8-3-5-17(15-21)26(27,28)29/h3,5,8-15,19H,4,6-7H2,1H3,(H,32,36). The minimum atomic E-state index is -4.60. The fourth-order valence-corrected chi connectivity index (χ4v) is 4.37. The lowest BCUT2D eigenvalue weighted by Crippen LogP contribution is -2.45. The van der Waals surface area contributed by atoms with E-state index in [0.717, 1.165) is 40.5 Å². The predicted molar refractivity (Wildman–Crippen MR) is 130 cm³/mol. The van der Waals surface area contributed by atoms with Crippen LogP contribution in [0.25, 0.3) is 27.6 Å². The fraction of sp³-hybridized carbons (Fsp3) is 0.231. The summed E-state index contributed by atoms with van der Waals surface area (Å²) in [4.78, 5) is 30.4. The first-order valence-corrected chi connectivity index (χ1v) is 11.5. The Bertz CT molecular complexity index is 1580. The van der Waals surface area contributed by atoms with Gasteiger partial charge in [-0.2, -0.15) is 18.3 Å². The van der Waals surface area contributed by atoms with Gasteiger partial charge in [-0.25, -0.2) is 23.7 Å². The maximum absolute atomic E-state index is 13.6. The lowest BCUT2D eigenvalue weighted by molar-refractivity contribution is -0.137. The zero-order valence-electron chi connectivity index (χ0n) is 19.7. The highest BCUT2D eigenvalue weighted by molar-refractivity contribution is 5.83. The van der Waals surface area contributed by atoms with Crippen molar-refractivity contribution >= 4 is 11.7 Å². The van der Waals surface area contributed by atoms with E-state index in [1.54, 1.807) is 37.3 Å². The third kappa shape index (κ3) is 4.31. The zero-order valence-corrected chi connectivity index (χ0v) is 19.7. The molecule has 0 saturated heterocycles. The number of carbonyl (C=O) groups is 1. The molecule has 188 valence electrons. The van der Waals surface area contributed by atoms with E-state index in [2.05, 4.69) is 15.3 Å². The van der Waals surface area contributed by atoms with Crippen molar-refractivity contribution in [2.75, 3.05) is 0 Å². The van der Waals surface area contributed by atoms with E-state index in [9.17, 15) is 22.8 Å². The molecule has 1 fully saturated rings. The maximum atomic E-state index is 13.6. The number of imidazole rings is 1. The topological polar surface area (TPSA) is 78.2 Å². The van der Waals surface area contributed by atoms with Crippen LogP contribution in [0.2, 0.25) is 0 Å². The smallest absolute Gasteiger partial charge is 0.335 e.